The van der Waals surface area contributed by atoms with Crippen LogP contribution in [0.15, 0.2) is 6.20 Å². The van der Waals surface area contributed by atoms with E-state index in [4.69, 9.17) is 0 Å². The molecule has 0 spiro atoms. The number of nitrogens with zero attached hydrogens (tertiary/aromatic N) is 2. The van der Waals surface area contributed by atoms with Crippen molar-refractivity contribution in [2.45, 2.75) is 25.4 Å². The summed E-state index contributed by atoms with van der Waals surface area (Å²) in [5.74, 6) is 0.471. The molecule has 1 aromatic rings. The fourth-order valence-electron chi connectivity index (χ4n) is 1.92. The minimum Gasteiger partial charge on any atom is -0.445 e. The van der Waals surface area contributed by atoms with Crippen LogP contribution < -0.4 is 5.32 Å². The second-order valence-corrected chi connectivity index (χ2v) is 4.21. The third-order valence-electron chi connectivity index (χ3n) is 2.88. The first kappa shape index (κ1) is 18.9. The molecule has 7 heteroatoms. The third kappa shape index (κ3) is 5.80. The second kappa shape index (κ2) is 8.23. The van der Waals surface area contributed by atoms with Gasteiger partial charge in [-0.25, -0.2) is 0 Å². The molecule has 104 valence electrons. The van der Waals surface area contributed by atoms with Crippen molar-refractivity contribution in [1.29, 1.82) is 0 Å². The van der Waals surface area contributed by atoms with Gasteiger partial charge >= 0.3 is 37.3 Å². The van der Waals surface area contributed by atoms with E-state index in [2.05, 4.69) is 21.5 Å². The molecule has 1 saturated heterocycles. The molecule has 0 bridgehead atoms. The fourth-order valence-corrected chi connectivity index (χ4v) is 1.92. The Morgan fingerprint density at radius 3 is 2.42 bits per heavy atom. The van der Waals surface area contributed by atoms with Crippen molar-refractivity contribution in [3.8, 4) is 0 Å². The van der Waals surface area contributed by atoms with Gasteiger partial charge in [0.1, 0.15) is 0 Å². The summed E-state index contributed by atoms with van der Waals surface area (Å²) in [6, 6.07) is 0. The average Bonchev–Trinajstić information content (AvgIpc) is 2.30. The Morgan fingerprint density at radius 2 is 1.95 bits per heavy atom. The van der Waals surface area contributed by atoms with Gasteiger partial charge in [0.15, 0.2) is 0 Å². The van der Waals surface area contributed by atoms with E-state index >= 15 is 0 Å². The van der Waals surface area contributed by atoms with E-state index in [-0.39, 0.29) is 38.5 Å². The van der Waals surface area contributed by atoms with Gasteiger partial charge in [-0.15, -0.1) is 6.20 Å². The first-order valence-corrected chi connectivity index (χ1v) is 5.57. The summed E-state index contributed by atoms with van der Waals surface area (Å²) in [6.07, 6.45) is 1.45. The van der Waals surface area contributed by atoms with E-state index in [9.17, 15) is 13.2 Å². The first-order chi connectivity index (χ1) is 8.05. The van der Waals surface area contributed by atoms with E-state index in [1.807, 2.05) is 0 Å². The Labute approximate surface area is 135 Å². The Morgan fingerprint density at radius 1 is 1.32 bits per heavy atom. The van der Waals surface area contributed by atoms with Crippen molar-refractivity contribution in [1.82, 2.24) is 15.3 Å². The van der Waals surface area contributed by atoms with Gasteiger partial charge in [0, 0.05) is 5.69 Å². The summed E-state index contributed by atoms with van der Waals surface area (Å²) >= 11 is 0. The smallest absolute Gasteiger partial charge is 0.445 e. The maximum absolute atomic E-state index is 12.2. The standard InChI is InChI=1S/C11H13F3N3.CH3.U/c12-11(13,14)10-7-16-9(6-17-10)5-8-1-3-15-4-2-8;;/h7-8,15H,1-5H2;1H3;/q2*-1;+2. The zero-order chi connectivity index (χ0) is 12.3. The largest absolute Gasteiger partial charge is 2.00 e. The van der Waals surface area contributed by atoms with Crippen molar-refractivity contribution in [3.05, 3.63) is 31.2 Å². The van der Waals surface area contributed by atoms with Crippen LogP contribution in [0.5, 0.6) is 0 Å². The van der Waals surface area contributed by atoms with Gasteiger partial charge in [0.05, 0.1) is 0 Å². The van der Waals surface area contributed by atoms with Crippen LogP contribution in [0.4, 0.5) is 13.2 Å². The van der Waals surface area contributed by atoms with Crippen LogP contribution in [0.1, 0.15) is 24.2 Å². The minimum atomic E-state index is -4.43. The Kier molecular flexibility index (Phi) is 8.18. The zero-order valence-corrected chi connectivity index (χ0v) is 14.9. The monoisotopic (exact) mass is 497 g/mol. The summed E-state index contributed by atoms with van der Waals surface area (Å²) in [7, 11) is 0. The van der Waals surface area contributed by atoms with Crippen LogP contribution in [0, 0.1) is 50.7 Å². The quantitative estimate of drug-likeness (QED) is 0.638. The van der Waals surface area contributed by atoms with Gasteiger partial charge in [-0.05, 0) is 50.2 Å². The molecule has 0 amide bonds. The van der Waals surface area contributed by atoms with Crippen LogP contribution in [-0.4, -0.2) is 23.1 Å². The molecule has 1 aliphatic heterocycles. The van der Waals surface area contributed by atoms with E-state index < -0.39 is 11.9 Å². The number of aromatic nitrogens is 2. The normalized spacial score (nSPS) is 16.4. The molecule has 2 heterocycles. The molecule has 0 aromatic carbocycles. The minimum absolute atomic E-state index is 0. The maximum atomic E-state index is 12.2. The van der Waals surface area contributed by atoms with Gasteiger partial charge < -0.3 is 17.7 Å². The summed E-state index contributed by atoms with van der Waals surface area (Å²) in [6.45, 7) is 1.91. The molecular weight excluding hydrogens is 481 g/mol. The van der Waals surface area contributed by atoms with Crippen molar-refractivity contribution in [3.63, 3.8) is 0 Å². The number of alkyl halides is 3. The first-order valence-electron chi connectivity index (χ1n) is 5.57. The number of hydrogen-bond acceptors (Lipinski definition) is 3. The van der Waals surface area contributed by atoms with E-state index in [1.54, 1.807) is 0 Å². The number of piperidine rings is 1. The van der Waals surface area contributed by atoms with E-state index in [0.29, 0.717) is 18.0 Å². The molecule has 0 aliphatic carbocycles. The molecule has 1 fully saturated rings. The molecule has 1 aliphatic rings. The van der Waals surface area contributed by atoms with Crippen LogP contribution >= 0.6 is 0 Å². The van der Waals surface area contributed by atoms with Crippen molar-refractivity contribution >= 4 is 0 Å². The van der Waals surface area contributed by atoms with E-state index in [0.717, 1.165) is 32.1 Å². The van der Waals surface area contributed by atoms with Crippen molar-refractivity contribution < 1.29 is 44.3 Å². The van der Waals surface area contributed by atoms with Crippen molar-refractivity contribution in [2.75, 3.05) is 13.1 Å². The Balaban J connectivity index is 0.00000162. The summed E-state index contributed by atoms with van der Waals surface area (Å²) in [4.78, 5) is 7.07. The topological polar surface area (TPSA) is 37.8 Å². The van der Waals surface area contributed by atoms with Crippen molar-refractivity contribution in [2.24, 2.45) is 5.92 Å². The molecule has 0 saturated carbocycles. The van der Waals surface area contributed by atoms with Gasteiger partial charge in [-0.2, -0.15) is 13.2 Å². The molecule has 2 rings (SSSR count). The SMILES string of the molecule is FC(F)(F)c1cnc(CC2CCNCC2)[c-]n1.[CH3-].[U+2]. The summed E-state index contributed by atoms with van der Waals surface area (Å²) < 4.78 is 36.7. The molecule has 19 heavy (non-hydrogen) atoms. The molecule has 0 atom stereocenters. The number of halogens is 3. The van der Waals surface area contributed by atoms with Crippen LogP contribution in [-0.2, 0) is 12.6 Å². The van der Waals surface area contributed by atoms with Crippen LogP contribution in [0.25, 0.3) is 0 Å². The van der Waals surface area contributed by atoms with Gasteiger partial charge in [0.2, 0.25) is 0 Å². The second-order valence-electron chi connectivity index (χ2n) is 4.21. The van der Waals surface area contributed by atoms with E-state index in [1.165, 1.54) is 0 Å². The Bertz CT molecular complexity index is 361. The summed E-state index contributed by atoms with van der Waals surface area (Å²) in [5.41, 5.74) is -0.462. The number of rotatable bonds is 2. The fraction of sp³-hybridized carbons (Fsp3) is 0.583. The Hall–Kier alpha value is -0.118. The molecular formula is C12H16F3N3U. The molecule has 1 N–H and O–H groups in total. The average molecular weight is 497 g/mol. The third-order valence-corrected chi connectivity index (χ3v) is 2.88. The van der Waals surface area contributed by atoms with Gasteiger partial charge in [-0.3, -0.25) is 4.98 Å². The molecule has 0 radical (unpaired) electrons. The van der Waals surface area contributed by atoms with Gasteiger partial charge in [0.25, 0.3) is 0 Å². The molecule has 1 aromatic heterocycles. The van der Waals surface area contributed by atoms with Crippen LogP contribution in [0.3, 0.4) is 0 Å². The molecule has 3 nitrogen and oxygen atoms in total. The maximum Gasteiger partial charge on any atom is 2.00 e. The predicted octanol–water partition coefficient (Wildman–Crippen LogP) is 2.29. The number of nitrogens with one attached hydrogen (secondary N) is 1. The zero-order valence-electron chi connectivity index (χ0n) is 10.7. The predicted molar refractivity (Wildman–Crippen MR) is 61.6 cm³/mol. The molecule has 0 unspecified atom stereocenters. The summed E-state index contributed by atoms with van der Waals surface area (Å²) in [5, 5.41) is 3.23. The van der Waals surface area contributed by atoms with Crippen LogP contribution in [0.2, 0.25) is 0 Å². The number of hydrogen-bond donors (Lipinski definition) is 1. The van der Waals surface area contributed by atoms with Gasteiger partial charge in [-0.1, -0.05) is 0 Å².